The molecular weight excluding hydrogens is 228 g/mol. The molecule has 0 radical (unpaired) electrons. The molecule has 1 unspecified atom stereocenters. The Hall–Kier alpha value is -1.48. The largest absolute Gasteiger partial charge is 0.496 e. The first-order chi connectivity index (χ1) is 8.43. The average Bonchev–Trinajstić information content (AvgIpc) is 2.32. The number of rotatable bonds is 4. The number of methoxy groups -OCH3 is 2. The lowest BCUT2D eigenvalue weighted by Gasteiger charge is -2.18. The molecule has 0 saturated carbocycles. The number of hydrogen-bond acceptors (Lipinski definition) is 3. The van der Waals surface area contributed by atoms with Crippen molar-refractivity contribution in [3.63, 3.8) is 0 Å². The van der Waals surface area contributed by atoms with Crippen molar-refractivity contribution in [2.45, 2.75) is 33.8 Å². The normalized spacial score (nSPS) is 12.8. The third kappa shape index (κ3) is 2.67. The van der Waals surface area contributed by atoms with Crippen LogP contribution in [-0.2, 0) is 0 Å². The molecule has 100 valence electrons. The standard InChI is InChI=1S/C15H22O3/c1-9(16)7-8-13-12(4)14(17-5)10(2)11(3)15(13)18-6/h7-9,16H,1-6H3/b8-7+. The van der Waals surface area contributed by atoms with E-state index in [0.29, 0.717) is 0 Å². The average molecular weight is 250 g/mol. The Bertz CT molecular complexity index is 460. The van der Waals surface area contributed by atoms with Crippen LogP contribution in [0.25, 0.3) is 6.08 Å². The predicted octanol–water partition coefficient (Wildman–Crippen LogP) is 3.02. The molecule has 1 aromatic rings. The molecule has 1 atom stereocenters. The van der Waals surface area contributed by atoms with Crippen LogP contribution in [0.3, 0.4) is 0 Å². The van der Waals surface area contributed by atoms with Crippen LogP contribution >= 0.6 is 0 Å². The van der Waals surface area contributed by atoms with Crippen LogP contribution in [0.4, 0.5) is 0 Å². The smallest absolute Gasteiger partial charge is 0.129 e. The van der Waals surface area contributed by atoms with Gasteiger partial charge in [0, 0.05) is 11.1 Å². The summed E-state index contributed by atoms with van der Waals surface area (Å²) in [7, 11) is 3.33. The van der Waals surface area contributed by atoms with Crippen molar-refractivity contribution in [1.82, 2.24) is 0 Å². The molecule has 1 N–H and O–H groups in total. The van der Waals surface area contributed by atoms with E-state index in [1.165, 1.54) is 0 Å². The Morgan fingerprint density at radius 2 is 1.44 bits per heavy atom. The van der Waals surface area contributed by atoms with Gasteiger partial charge in [0.1, 0.15) is 11.5 Å². The van der Waals surface area contributed by atoms with Crippen molar-refractivity contribution in [3.8, 4) is 11.5 Å². The van der Waals surface area contributed by atoms with E-state index >= 15 is 0 Å². The summed E-state index contributed by atoms with van der Waals surface area (Å²) in [6.07, 6.45) is 3.13. The van der Waals surface area contributed by atoms with Gasteiger partial charge in [-0.1, -0.05) is 12.2 Å². The molecule has 3 heteroatoms. The summed E-state index contributed by atoms with van der Waals surface area (Å²) in [5.41, 5.74) is 4.12. The third-order valence-corrected chi connectivity index (χ3v) is 3.18. The van der Waals surface area contributed by atoms with E-state index < -0.39 is 6.10 Å². The Kier molecular flexibility index (Phi) is 4.79. The van der Waals surface area contributed by atoms with Crippen molar-refractivity contribution in [1.29, 1.82) is 0 Å². The summed E-state index contributed by atoms with van der Waals surface area (Å²) in [4.78, 5) is 0. The molecule has 0 aromatic heterocycles. The van der Waals surface area contributed by atoms with Crippen LogP contribution in [0, 0.1) is 20.8 Å². The van der Waals surface area contributed by atoms with Gasteiger partial charge in [-0.25, -0.2) is 0 Å². The molecule has 0 saturated heterocycles. The van der Waals surface area contributed by atoms with Crippen LogP contribution in [0.2, 0.25) is 0 Å². The van der Waals surface area contributed by atoms with E-state index in [0.717, 1.165) is 33.8 Å². The number of aliphatic hydroxyl groups excluding tert-OH is 1. The SMILES string of the molecule is COc1c(C)c(C)c(OC)c(/C=C/C(C)O)c1C. The van der Waals surface area contributed by atoms with Crippen LogP contribution in [0.15, 0.2) is 6.08 Å². The summed E-state index contributed by atoms with van der Waals surface area (Å²) in [6, 6.07) is 0. The number of ether oxygens (including phenoxy) is 2. The molecule has 3 nitrogen and oxygen atoms in total. The first kappa shape index (κ1) is 14.6. The maximum Gasteiger partial charge on any atom is 0.129 e. The summed E-state index contributed by atoms with van der Waals surface area (Å²) >= 11 is 0. The van der Waals surface area contributed by atoms with E-state index in [1.807, 2.05) is 26.8 Å². The van der Waals surface area contributed by atoms with Crippen molar-refractivity contribution in [3.05, 3.63) is 28.3 Å². The monoisotopic (exact) mass is 250 g/mol. The minimum atomic E-state index is -0.485. The molecule has 18 heavy (non-hydrogen) atoms. The van der Waals surface area contributed by atoms with E-state index in [2.05, 4.69) is 0 Å². The van der Waals surface area contributed by atoms with Crippen LogP contribution < -0.4 is 9.47 Å². The first-order valence-corrected chi connectivity index (χ1v) is 6.02. The Labute approximate surface area is 109 Å². The molecule has 0 amide bonds. The van der Waals surface area contributed by atoms with E-state index in [-0.39, 0.29) is 0 Å². The maximum atomic E-state index is 9.36. The van der Waals surface area contributed by atoms with Gasteiger partial charge < -0.3 is 14.6 Å². The second-order valence-corrected chi connectivity index (χ2v) is 4.45. The molecule has 0 spiro atoms. The fourth-order valence-corrected chi connectivity index (χ4v) is 2.12. The molecule has 0 aliphatic heterocycles. The van der Waals surface area contributed by atoms with Gasteiger partial charge in [0.25, 0.3) is 0 Å². The summed E-state index contributed by atoms with van der Waals surface area (Å²) < 4.78 is 10.9. The summed E-state index contributed by atoms with van der Waals surface area (Å²) in [6.45, 7) is 7.74. The number of aliphatic hydroxyl groups is 1. The minimum Gasteiger partial charge on any atom is -0.496 e. The van der Waals surface area contributed by atoms with Gasteiger partial charge in [0.05, 0.1) is 20.3 Å². The lowest BCUT2D eigenvalue weighted by molar-refractivity contribution is 0.245. The zero-order valence-electron chi connectivity index (χ0n) is 12.0. The third-order valence-electron chi connectivity index (χ3n) is 3.18. The molecular formula is C15H22O3. The Morgan fingerprint density at radius 1 is 0.944 bits per heavy atom. The van der Waals surface area contributed by atoms with Gasteiger partial charge in [-0.15, -0.1) is 0 Å². The highest BCUT2D eigenvalue weighted by Crippen LogP contribution is 2.38. The van der Waals surface area contributed by atoms with Gasteiger partial charge in [-0.3, -0.25) is 0 Å². The summed E-state index contributed by atoms with van der Waals surface area (Å²) in [5, 5.41) is 9.36. The van der Waals surface area contributed by atoms with Crippen molar-refractivity contribution in [2.24, 2.45) is 0 Å². The molecule has 0 aliphatic rings. The lowest BCUT2D eigenvalue weighted by Crippen LogP contribution is -2.02. The second-order valence-electron chi connectivity index (χ2n) is 4.45. The van der Waals surface area contributed by atoms with Crippen LogP contribution in [-0.4, -0.2) is 25.4 Å². The topological polar surface area (TPSA) is 38.7 Å². The zero-order valence-corrected chi connectivity index (χ0v) is 12.0. The molecule has 0 heterocycles. The molecule has 1 rings (SSSR count). The van der Waals surface area contributed by atoms with E-state index in [4.69, 9.17) is 9.47 Å². The Morgan fingerprint density at radius 3 is 1.89 bits per heavy atom. The fraction of sp³-hybridized carbons (Fsp3) is 0.467. The van der Waals surface area contributed by atoms with Gasteiger partial charge in [-0.05, 0) is 38.8 Å². The zero-order chi connectivity index (χ0) is 13.9. The minimum absolute atomic E-state index is 0.485. The van der Waals surface area contributed by atoms with Crippen LogP contribution in [0.1, 0.15) is 29.2 Å². The molecule has 1 aromatic carbocycles. The molecule has 0 bridgehead atoms. The lowest BCUT2D eigenvalue weighted by atomic mass is 9.96. The van der Waals surface area contributed by atoms with Crippen molar-refractivity contribution < 1.29 is 14.6 Å². The van der Waals surface area contributed by atoms with E-state index in [1.54, 1.807) is 27.2 Å². The van der Waals surface area contributed by atoms with Gasteiger partial charge >= 0.3 is 0 Å². The molecule has 0 aliphatic carbocycles. The number of benzene rings is 1. The van der Waals surface area contributed by atoms with E-state index in [9.17, 15) is 5.11 Å². The highest BCUT2D eigenvalue weighted by Gasteiger charge is 2.16. The predicted molar refractivity (Wildman–Crippen MR) is 74.5 cm³/mol. The van der Waals surface area contributed by atoms with Gasteiger partial charge in [0.2, 0.25) is 0 Å². The molecule has 0 fully saturated rings. The maximum absolute atomic E-state index is 9.36. The van der Waals surface area contributed by atoms with Crippen molar-refractivity contribution >= 4 is 6.08 Å². The van der Waals surface area contributed by atoms with Crippen molar-refractivity contribution in [2.75, 3.05) is 14.2 Å². The Balaban J connectivity index is 3.52. The second kappa shape index (κ2) is 5.91. The van der Waals surface area contributed by atoms with Crippen LogP contribution in [0.5, 0.6) is 11.5 Å². The van der Waals surface area contributed by atoms with Gasteiger partial charge in [-0.2, -0.15) is 0 Å². The quantitative estimate of drug-likeness (QED) is 0.892. The highest BCUT2D eigenvalue weighted by atomic mass is 16.5. The summed E-state index contributed by atoms with van der Waals surface area (Å²) in [5.74, 6) is 1.71. The number of hydrogen-bond donors (Lipinski definition) is 1. The van der Waals surface area contributed by atoms with Gasteiger partial charge in [0.15, 0.2) is 0 Å². The highest BCUT2D eigenvalue weighted by molar-refractivity contribution is 5.69. The fourth-order valence-electron chi connectivity index (χ4n) is 2.12. The first-order valence-electron chi connectivity index (χ1n) is 6.02.